The Balaban J connectivity index is 1.52. The number of anilines is 1. The normalized spacial score (nSPS) is 10.8. The van der Waals surface area contributed by atoms with Gasteiger partial charge < -0.3 is 5.32 Å². The van der Waals surface area contributed by atoms with Crippen LogP contribution in [-0.4, -0.2) is 26.4 Å². The molecule has 1 amide bonds. The highest BCUT2D eigenvalue weighted by Gasteiger charge is 2.17. The van der Waals surface area contributed by atoms with Gasteiger partial charge in [-0.2, -0.15) is 0 Å². The molecule has 4 rings (SSSR count). The van der Waals surface area contributed by atoms with Crippen molar-refractivity contribution in [1.82, 2.24) is 14.8 Å². The summed E-state index contributed by atoms with van der Waals surface area (Å²) in [7, 11) is 0. The highest BCUT2D eigenvalue weighted by Crippen LogP contribution is 2.25. The second-order valence-electron chi connectivity index (χ2n) is 6.67. The summed E-state index contributed by atoms with van der Waals surface area (Å²) >= 11 is 3.10. The first-order valence-corrected chi connectivity index (χ1v) is 11.6. The molecular formula is C23H22N4OS2. The van der Waals surface area contributed by atoms with E-state index in [1.165, 1.54) is 16.6 Å². The maximum absolute atomic E-state index is 12.6. The number of benzene rings is 2. The summed E-state index contributed by atoms with van der Waals surface area (Å²) in [5, 5.41) is 14.6. The number of para-hydroxylation sites is 2. The van der Waals surface area contributed by atoms with Gasteiger partial charge in [0.15, 0.2) is 5.16 Å². The molecule has 0 fully saturated rings. The predicted molar refractivity (Wildman–Crippen MR) is 124 cm³/mol. The van der Waals surface area contributed by atoms with Gasteiger partial charge in [0, 0.05) is 22.7 Å². The average molecular weight is 435 g/mol. The summed E-state index contributed by atoms with van der Waals surface area (Å²) in [6, 6.07) is 22.1. The predicted octanol–water partition coefficient (Wildman–Crippen LogP) is 5.21. The van der Waals surface area contributed by atoms with Crippen LogP contribution in [0.2, 0.25) is 0 Å². The summed E-state index contributed by atoms with van der Waals surface area (Å²) in [5.74, 6) is 1.08. The molecule has 0 unspecified atom stereocenters. The van der Waals surface area contributed by atoms with E-state index in [9.17, 15) is 4.79 Å². The summed E-state index contributed by atoms with van der Waals surface area (Å²) in [6.45, 7) is 2.08. The lowest BCUT2D eigenvalue weighted by Gasteiger charge is -2.11. The molecule has 0 saturated carbocycles. The largest absolute Gasteiger partial charge is 0.325 e. The Bertz CT molecular complexity index is 1110. The van der Waals surface area contributed by atoms with Crippen molar-refractivity contribution < 1.29 is 4.79 Å². The van der Waals surface area contributed by atoms with Crippen LogP contribution in [0.25, 0.3) is 5.69 Å². The molecule has 152 valence electrons. The Morgan fingerprint density at radius 1 is 1.03 bits per heavy atom. The maximum atomic E-state index is 12.6. The fraction of sp³-hybridized carbons (Fsp3) is 0.174. The molecule has 0 bridgehead atoms. The number of thioether (sulfide) groups is 1. The summed E-state index contributed by atoms with van der Waals surface area (Å²) in [4.78, 5) is 13.8. The van der Waals surface area contributed by atoms with Crippen molar-refractivity contribution in [3.05, 3.63) is 88.4 Å². The SMILES string of the molecule is CCc1ccccc1NC(=O)CSc1nnc(Cc2cccs2)n1-c1ccccc1. The smallest absolute Gasteiger partial charge is 0.234 e. The number of amides is 1. The van der Waals surface area contributed by atoms with Gasteiger partial charge in [-0.3, -0.25) is 9.36 Å². The van der Waals surface area contributed by atoms with Crippen molar-refractivity contribution in [2.45, 2.75) is 24.9 Å². The molecule has 1 N–H and O–H groups in total. The van der Waals surface area contributed by atoms with Gasteiger partial charge in [-0.25, -0.2) is 0 Å². The van der Waals surface area contributed by atoms with Crippen LogP contribution >= 0.6 is 23.1 Å². The fourth-order valence-electron chi connectivity index (χ4n) is 3.18. The van der Waals surface area contributed by atoms with Gasteiger partial charge in [-0.1, -0.05) is 61.2 Å². The van der Waals surface area contributed by atoms with Gasteiger partial charge in [0.1, 0.15) is 5.82 Å². The average Bonchev–Trinajstić information content (AvgIpc) is 3.43. The topological polar surface area (TPSA) is 59.8 Å². The zero-order valence-corrected chi connectivity index (χ0v) is 18.2. The molecule has 0 atom stereocenters. The minimum atomic E-state index is -0.0525. The molecule has 30 heavy (non-hydrogen) atoms. The Kier molecular flexibility index (Phi) is 6.61. The van der Waals surface area contributed by atoms with Gasteiger partial charge in [0.2, 0.25) is 5.91 Å². The van der Waals surface area contributed by atoms with Crippen LogP contribution in [0.4, 0.5) is 5.69 Å². The molecule has 2 heterocycles. The Labute approximate surface area is 184 Å². The minimum absolute atomic E-state index is 0.0525. The third kappa shape index (κ3) is 4.80. The number of nitrogens with one attached hydrogen (secondary N) is 1. The lowest BCUT2D eigenvalue weighted by molar-refractivity contribution is -0.113. The van der Waals surface area contributed by atoms with Gasteiger partial charge >= 0.3 is 0 Å². The maximum Gasteiger partial charge on any atom is 0.234 e. The van der Waals surface area contributed by atoms with E-state index in [0.29, 0.717) is 11.6 Å². The number of hydrogen-bond acceptors (Lipinski definition) is 5. The summed E-state index contributed by atoms with van der Waals surface area (Å²) in [6.07, 6.45) is 1.58. The van der Waals surface area contributed by atoms with Gasteiger partial charge in [-0.05, 0) is 41.6 Å². The van der Waals surface area contributed by atoms with Gasteiger partial charge in [0.05, 0.1) is 5.75 Å². The molecule has 4 aromatic rings. The van der Waals surface area contributed by atoms with E-state index >= 15 is 0 Å². The van der Waals surface area contributed by atoms with Crippen molar-refractivity contribution in [3.63, 3.8) is 0 Å². The number of hydrogen-bond donors (Lipinski definition) is 1. The second kappa shape index (κ2) is 9.73. The van der Waals surface area contributed by atoms with E-state index in [4.69, 9.17) is 0 Å². The Morgan fingerprint density at radius 3 is 2.60 bits per heavy atom. The van der Waals surface area contributed by atoms with E-state index in [-0.39, 0.29) is 11.7 Å². The number of thiophene rings is 1. The zero-order chi connectivity index (χ0) is 20.8. The fourth-order valence-corrected chi connectivity index (χ4v) is 4.65. The van der Waals surface area contributed by atoms with Crippen LogP contribution in [0.5, 0.6) is 0 Å². The molecule has 2 aromatic carbocycles. The standard InChI is InChI=1S/C23H22N4OS2/c1-2-17-9-6-7-13-20(17)24-22(28)16-30-23-26-25-21(15-19-12-8-14-29-19)27(23)18-10-4-3-5-11-18/h3-14H,2,15-16H2,1H3,(H,24,28). The number of carbonyl (C=O) groups excluding carboxylic acids is 1. The van der Waals surface area contributed by atoms with Crippen LogP contribution in [-0.2, 0) is 17.6 Å². The monoisotopic (exact) mass is 434 g/mol. The highest BCUT2D eigenvalue weighted by molar-refractivity contribution is 7.99. The van der Waals surface area contributed by atoms with E-state index in [1.54, 1.807) is 11.3 Å². The van der Waals surface area contributed by atoms with Crippen LogP contribution in [0.3, 0.4) is 0 Å². The van der Waals surface area contributed by atoms with Crippen LogP contribution in [0.15, 0.2) is 77.3 Å². The summed E-state index contributed by atoms with van der Waals surface area (Å²) in [5.41, 5.74) is 2.99. The van der Waals surface area contributed by atoms with Gasteiger partial charge in [-0.15, -0.1) is 21.5 Å². The molecule has 0 aliphatic rings. The van der Waals surface area contributed by atoms with E-state index in [0.717, 1.165) is 29.2 Å². The van der Waals surface area contributed by atoms with Crippen LogP contribution in [0.1, 0.15) is 23.2 Å². The third-order valence-corrected chi connectivity index (χ3v) is 6.44. The quantitative estimate of drug-likeness (QED) is 0.387. The number of aryl methyl sites for hydroxylation is 1. The zero-order valence-electron chi connectivity index (χ0n) is 16.6. The second-order valence-corrected chi connectivity index (χ2v) is 8.65. The minimum Gasteiger partial charge on any atom is -0.325 e. The molecule has 2 aromatic heterocycles. The Morgan fingerprint density at radius 2 is 1.83 bits per heavy atom. The van der Waals surface area contributed by atoms with Gasteiger partial charge in [0.25, 0.3) is 0 Å². The number of nitrogens with zero attached hydrogens (tertiary/aromatic N) is 3. The first-order valence-electron chi connectivity index (χ1n) is 9.77. The first kappa shape index (κ1) is 20.4. The molecule has 0 saturated heterocycles. The Hall–Kier alpha value is -2.90. The summed E-state index contributed by atoms with van der Waals surface area (Å²) < 4.78 is 2.04. The van der Waals surface area contributed by atoms with E-state index < -0.39 is 0 Å². The molecule has 7 heteroatoms. The van der Waals surface area contributed by atoms with Crippen molar-refractivity contribution in [2.24, 2.45) is 0 Å². The van der Waals surface area contributed by atoms with Crippen LogP contribution < -0.4 is 5.32 Å². The van der Waals surface area contributed by atoms with Crippen molar-refractivity contribution in [3.8, 4) is 5.69 Å². The molecule has 0 radical (unpaired) electrons. The molecule has 0 aliphatic heterocycles. The molecule has 0 spiro atoms. The number of carbonyl (C=O) groups is 1. The highest BCUT2D eigenvalue weighted by atomic mass is 32.2. The third-order valence-electron chi connectivity index (χ3n) is 4.63. The molecule has 0 aliphatic carbocycles. The van der Waals surface area contributed by atoms with Crippen molar-refractivity contribution >= 4 is 34.7 Å². The van der Waals surface area contributed by atoms with Crippen molar-refractivity contribution in [1.29, 1.82) is 0 Å². The van der Waals surface area contributed by atoms with Crippen LogP contribution in [0, 0.1) is 0 Å². The van der Waals surface area contributed by atoms with E-state index in [1.807, 2.05) is 65.2 Å². The number of rotatable bonds is 8. The lowest BCUT2D eigenvalue weighted by Crippen LogP contribution is -2.15. The first-order chi connectivity index (χ1) is 14.7. The van der Waals surface area contributed by atoms with Crippen molar-refractivity contribution in [2.75, 3.05) is 11.1 Å². The molecule has 5 nitrogen and oxygen atoms in total. The molecular weight excluding hydrogens is 412 g/mol. The van der Waals surface area contributed by atoms with E-state index in [2.05, 4.69) is 33.9 Å². The number of aromatic nitrogens is 3. The lowest BCUT2D eigenvalue weighted by atomic mass is 10.1.